The summed E-state index contributed by atoms with van der Waals surface area (Å²) in [7, 11) is -4.01. The average Bonchev–Trinajstić information content (AvgIpc) is 2.54. The van der Waals surface area contributed by atoms with E-state index in [-0.39, 0.29) is 15.5 Å². The Morgan fingerprint density at radius 1 is 1.17 bits per heavy atom. The van der Waals surface area contributed by atoms with E-state index in [1.165, 1.54) is 12.1 Å². The zero-order chi connectivity index (χ0) is 17.6. The molecule has 2 rings (SSSR count). The number of benzene rings is 2. The highest BCUT2D eigenvalue weighted by atomic mass is 35.5. The third-order valence-corrected chi connectivity index (χ3v) is 4.35. The Bertz CT molecular complexity index is 903. The lowest BCUT2D eigenvalue weighted by Gasteiger charge is -2.06. The highest BCUT2D eigenvalue weighted by Crippen LogP contribution is 2.21. The maximum Gasteiger partial charge on any atom is 0.270 e. The van der Waals surface area contributed by atoms with Crippen molar-refractivity contribution in [1.82, 2.24) is 10.9 Å². The normalized spacial score (nSPS) is 10.4. The molecule has 1 amide bonds. The number of hydrogen-bond donors (Lipinski definition) is 3. The van der Waals surface area contributed by atoms with E-state index in [2.05, 4.69) is 22.8 Å². The van der Waals surface area contributed by atoms with E-state index in [4.69, 9.17) is 16.7 Å². The molecule has 0 bridgehead atoms. The summed E-state index contributed by atoms with van der Waals surface area (Å²) in [5.41, 5.74) is 5.93. The molecule has 0 saturated carbocycles. The molecule has 0 aromatic heterocycles. The number of sulfonamides is 1. The van der Waals surface area contributed by atoms with Crippen molar-refractivity contribution in [3.63, 3.8) is 0 Å². The first-order chi connectivity index (χ1) is 11.4. The van der Waals surface area contributed by atoms with Crippen molar-refractivity contribution in [2.24, 2.45) is 5.14 Å². The zero-order valence-electron chi connectivity index (χ0n) is 12.4. The Morgan fingerprint density at radius 3 is 2.54 bits per heavy atom. The Kier molecular flexibility index (Phi) is 5.82. The Labute approximate surface area is 145 Å². The van der Waals surface area contributed by atoms with Gasteiger partial charge in [-0.25, -0.2) is 13.6 Å². The number of halogens is 1. The van der Waals surface area contributed by atoms with Crippen molar-refractivity contribution < 1.29 is 13.2 Å². The highest BCUT2D eigenvalue weighted by molar-refractivity contribution is 7.89. The standard InChI is InChI=1S/C16H14ClN3O3S/c17-14-9-8-13(11-15(14)24(18,22)23)16(21)20-19-10-4-7-12-5-2-1-3-6-12/h1-3,5-6,8-9,11,19H,7H2,(H,20,21)(H2,18,22,23). The number of nitrogens with two attached hydrogens (primary N) is 1. The molecule has 0 aliphatic rings. The lowest BCUT2D eigenvalue weighted by molar-refractivity contribution is 0.0942. The molecular weight excluding hydrogens is 350 g/mol. The number of hydrazine groups is 1. The van der Waals surface area contributed by atoms with Crippen LogP contribution in [-0.4, -0.2) is 14.3 Å². The van der Waals surface area contributed by atoms with Crippen LogP contribution >= 0.6 is 11.6 Å². The van der Waals surface area contributed by atoms with Crippen LogP contribution in [0.4, 0.5) is 0 Å². The second kappa shape index (κ2) is 7.84. The molecule has 0 aliphatic heterocycles. The Morgan fingerprint density at radius 2 is 1.88 bits per heavy atom. The molecule has 0 fully saturated rings. The van der Waals surface area contributed by atoms with Crippen LogP contribution in [0.2, 0.25) is 5.02 Å². The Balaban J connectivity index is 1.96. The summed E-state index contributed by atoms with van der Waals surface area (Å²) < 4.78 is 22.8. The Hall–Kier alpha value is -2.53. The molecule has 0 heterocycles. The van der Waals surface area contributed by atoms with Gasteiger partial charge in [-0.3, -0.25) is 15.6 Å². The van der Waals surface area contributed by atoms with Crippen LogP contribution in [0.25, 0.3) is 0 Å². The van der Waals surface area contributed by atoms with Gasteiger partial charge in [0.25, 0.3) is 5.91 Å². The van der Waals surface area contributed by atoms with Crippen molar-refractivity contribution in [1.29, 1.82) is 0 Å². The fourth-order valence-corrected chi connectivity index (χ4v) is 2.88. The smallest absolute Gasteiger partial charge is 0.267 e. The topological polar surface area (TPSA) is 101 Å². The van der Waals surface area contributed by atoms with Crippen LogP contribution in [-0.2, 0) is 16.4 Å². The van der Waals surface area contributed by atoms with Gasteiger partial charge >= 0.3 is 0 Å². The van der Waals surface area contributed by atoms with Crippen LogP contribution in [0, 0.1) is 12.0 Å². The summed E-state index contributed by atoms with van der Waals surface area (Å²) in [5, 5.41) is 4.99. The number of hydrogen-bond acceptors (Lipinski definition) is 4. The summed E-state index contributed by atoms with van der Waals surface area (Å²) in [6, 6.07) is 16.0. The number of rotatable bonds is 4. The summed E-state index contributed by atoms with van der Waals surface area (Å²) in [6.07, 6.45) is 0.528. The SMILES string of the molecule is NS(=O)(=O)c1cc(C(=O)NNC#CCc2ccccc2)ccc1Cl. The summed E-state index contributed by atoms with van der Waals surface area (Å²) in [4.78, 5) is 11.6. The average molecular weight is 364 g/mol. The van der Waals surface area contributed by atoms with Crippen molar-refractivity contribution in [2.75, 3.05) is 0 Å². The molecule has 0 spiro atoms. The predicted molar refractivity (Wildman–Crippen MR) is 91.3 cm³/mol. The first-order valence-electron chi connectivity index (χ1n) is 6.77. The highest BCUT2D eigenvalue weighted by Gasteiger charge is 2.16. The van der Waals surface area contributed by atoms with E-state index in [1.54, 1.807) is 0 Å². The number of carbonyl (C=O) groups excluding carboxylic acids is 1. The molecule has 24 heavy (non-hydrogen) atoms. The van der Waals surface area contributed by atoms with Gasteiger partial charge in [-0.05, 0) is 23.8 Å². The van der Waals surface area contributed by atoms with E-state index in [1.807, 2.05) is 30.3 Å². The second-order valence-corrected chi connectivity index (χ2v) is 6.67. The minimum atomic E-state index is -4.01. The van der Waals surface area contributed by atoms with Crippen LogP contribution in [0.15, 0.2) is 53.4 Å². The van der Waals surface area contributed by atoms with Gasteiger partial charge in [-0.2, -0.15) is 0 Å². The van der Waals surface area contributed by atoms with Crippen molar-refractivity contribution in [2.45, 2.75) is 11.3 Å². The molecule has 2 aromatic carbocycles. The van der Waals surface area contributed by atoms with Crippen LogP contribution in [0.5, 0.6) is 0 Å². The van der Waals surface area contributed by atoms with Crippen LogP contribution in [0.3, 0.4) is 0 Å². The van der Waals surface area contributed by atoms with Crippen LogP contribution < -0.4 is 16.0 Å². The zero-order valence-corrected chi connectivity index (χ0v) is 14.0. The number of primary sulfonamides is 1. The molecule has 4 N–H and O–H groups in total. The van der Waals surface area contributed by atoms with E-state index >= 15 is 0 Å². The van der Waals surface area contributed by atoms with Gasteiger partial charge in [-0.15, -0.1) is 0 Å². The molecule has 0 aliphatic carbocycles. The second-order valence-electron chi connectivity index (χ2n) is 4.73. The molecule has 0 saturated heterocycles. The maximum absolute atomic E-state index is 11.9. The first-order valence-corrected chi connectivity index (χ1v) is 8.70. The molecule has 8 heteroatoms. The minimum Gasteiger partial charge on any atom is -0.267 e. The van der Waals surface area contributed by atoms with Gasteiger partial charge in [0.15, 0.2) is 0 Å². The third-order valence-electron chi connectivity index (χ3n) is 2.96. The van der Waals surface area contributed by atoms with Gasteiger partial charge in [0, 0.05) is 18.0 Å². The lowest BCUT2D eigenvalue weighted by Crippen LogP contribution is -2.34. The van der Waals surface area contributed by atoms with Crippen molar-refractivity contribution >= 4 is 27.5 Å². The van der Waals surface area contributed by atoms with Gasteiger partial charge in [0.1, 0.15) is 4.90 Å². The van der Waals surface area contributed by atoms with Gasteiger partial charge in [0.2, 0.25) is 10.0 Å². The molecular formula is C16H14ClN3O3S. The van der Waals surface area contributed by atoms with Crippen LogP contribution in [0.1, 0.15) is 15.9 Å². The van der Waals surface area contributed by atoms with Gasteiger partial charge < -0.3 is 0 Å². The fourth-order valence-electron chi connectivity index (χ4n) is 1.81. The van der Waals surface area contributed by atoms with E-state index in [9.17, 15) is 13.2 Å². The van der Waals surface area contributed by atoms with Crippen molar-refractivity contribution in [3.8, 4) is 12.0 Å². The quantitative estimate of drug-likeness (QED) is 0.434. The van der Waals surface area contributed by atoms with E-state index in [0.717, 1.165) is 11.6 Å². The molecule has 6 nitrogen and oxygen atoms in total. The van der Waals surface area contributed by atoms with Gasteiger partial charge in [0.05, 0.1) is 5.02 Å². The molecule has 0 atom stereocenters. The molecule has 2 aromatic rings. The van der Waals surface area contributed by atoms with E-state index in [0.29, 0.717) is 6.42 Å². The largest absolute Gasteiger partial charge is 0.270 e. The van der Waals surface area contributed by atoms with E-state index < -0.39 is 15.9 Å². The number of carbonyl (C=O) groups is 1. The molecule has 0 radical (unpaired) electrons. The number of amides is 1. The predicted octanol–water partition coefficient (Wildman–Crippen LogP) is 1.43. The fraction of sp³-hybridized carbons (Fsp3) is 0.0625. The summed E-state index contributed by atoms with van der Waals surface area (Å²) in [6.45, 7) is 0. The monoisotopic (exact) mass is 363 g/mol. The number of nitrogens with one attached hydrogen (secondary N) is 2. The van der Waals surface area contributed by atoms with Gasteiger partial charge in [-0.1, -0.05) is 47.9 Å². The molecule has 0 unspecified atom stereocenters. The van der Waals surface area contributed by atoms with Crippen molar-refractivity contribution in [3.05, 3.63) is 64.7 Å². The maximum atomic E-state index is 11.9. The molecule has 124 valence electrons. The summed E-state index contributed by atoms with van der Waals surface area (Å²) >= 11 is 5.76. The summed E-state index contributed by atoms with van der Waals surface area (Å²) in [5.74, 6) is 2.28. The first kappa shape index (κ1) is 17.8. The third kappa shape index (κ3) is 4.99. The minimum absolute atomic E-state index is 0.0512. The lowest BCUT2D eigenvalue weighted by atomic mass is 10.2.